The number of carbonyl (C=O) groups is 3. The maximum atomic E-state index is 11.2. The van der Waals surface area contributed by atoms with Crippen molar-refractivity contribution in [3.05, 3.63) is 0 Å². The Morgan fingerprint density at radius 3 is 2.35 bits per heavy atom. The number of esters is 1. The van der Waals surface area contributed by atoms with Crippen LogP contribution in [0.15, 0.2) is 0 Å². The van der Waals surface area contributed by atoms with Gasteiger partial charge in [-0.25, -0.2) is 4.79 Å². The van der Waals surface area contributed by atoms with Gasteiger partial charge in [-0.2, -0.15) is 0 Å². The standard InChI is InChI=1S/C10H18N2O5/c1-16-6-5-11-10(15)12-7-8(13)3-4-9(14)17-2/h3-7H2,1-2H3,(H2,11,12,15). The van der Waals surface area contributed by atoms with Crippen LogP contribution in [0.3, 0.4) is 0 Å². The molecule has 0 spiro atoms. The van der Waals surface area contributed by atoms with Gasteiger partial charge in [0.05, 0.1) is 26.7 Å². The maximum Gasteiger partial charge on any atom is 0.315 e. The van der Waals surface area contributed by atoms with Gasteiger partial charge in [0.15, 0.2) is 5.78 Å². The van der Waals surface area contributed by atoms with Gasteiger partial charge in [-0.3, -0.25) is 9.59 Å². The van der Waals surface area contributed by atoms with E-state index in [1.807, 2.05) is 0 Å². The summed E-state index contributed by atoms with van der Waals surface area (Å²) in [6.45, 7) is 0.679. The van der Waals surface area contributed by atoms with Crippen molar-refractivity contribution >= 4 is 17.8 Å². The van der Waals surface area contributed by atoms with E-state index in [0.717, 1.165) is 0 Å². The third kappa shape index (κ3) is 9.31. The second-order valence-electron chi connectivity index (χ2n) is 3.22. The molecule has 0 aliphatic rings. The molecule has 0 rings (SSSR count). The van der Waals surface area contributed by atoms with Crippen molar-refractivity contribution < 1.29 is 23.9 Å². The highest BCUT2D eigenvalue weighted by molar-refractivity contribution is 5.87. The Bertz CT molecular complexity index is 267. The number of nitrogens with one attached hydrogen (secondary N) is 2. The second kappa shape index (κ2) is 9.59. The minimum atomic E-state index is -0.442. The Morgan fingerprint density at radius 1 is 1.06 bits per heavy atom. The molecule has 7 heteroatoms. The summed E-state index contributed by atoms with van der Waals surface area (Å²) in [7, 11) is 2.78. The molecule has 2 N–H and O–H groups in total. The third-order valence-corrected chi connectivity index (χ3v) is 1.87. The van der Waals surface area contributed by atoms with E-state index in [4.69, 9.17) is 4.74 Å². The number of methoxy groups -OCH3 is 2. The van der Waals surface area contributed by atoms with Gasteiger partial charge in [-0.15, -0.1) is 0 Å². The largest absolute Gasteiger partial charge is 0.469 e. The highest BCUT2D eigenvalue weighted by Gasteiger charge is 2.08. The van der Waals surface area contributed by atoms with Crippen LogP contribution in [0, 0.1) is 0 Å². The Labute approximate surface area is 99.8 Å². The highest BCUT2D eigenvalue weighted by Crippen LogP contribution is 1.92. The van der Waals surface area contributed by atoms with Crippen molar-refractivity contribution in [1.82, 2.24) is 10.6 Å². The molecule has 0 heterocycles. The first-order chi connectivity index (χ1) is 8.10. The van der Waals surface area contributed by atoms with E-state index in [2.05, 4.69) is 15.4 Å². The smallest absolute Gasteiger partial charge is 0.315 e. The molecular weight excluding hydrogens is 228 g/mol. The van der Waals surface area contributed by atoms with Crippen molar-refractivity contribution in [3.8, 4) is 0 Å². The van der Waals surface area contributed by atoms with Gasteiger partial charge >= 0.3 is 12.0 Å². The molecule has 0 aliphatic carbocycles. The first-order valence-electron chi connectivity index (χ1n) is 5.19. The van der Waals surface area contributed by atoms with Gasteiger partial charge in [-0.1, -0.05) is 0 Å². The number of urea groups is 1. The van der Waals surface area contributed by atoms with E-state index in [-0.39, 0.29) is 25.2 Å². The summed E-state index contributed by atoms with van der Waals surface area (Å²) in [5, 5.41) is 4.87. The summed E-state index contributed by atoms with van der Waals surface area (Å²) in [6.07, 6.45) is 0.0906. The average molecular weight is 246 g/mol. The zero-order valence-corrected chi connectivity index (χ0v) is 10.1. The van der Waals surface area contributed by atoms with Crippen molar-refractivity contribution in [2.45, 2.75) is 12.8 Å². The predicted octanol–water partition coefficient (Wildman–Crippen LogP) is -0.546. The molecule has 2 amide bonds. The number of amides is 2. The fourth-order valence-electron chi connectivity index (χ4n) is 0.940. The Morgan fingerprint density at radius 2 is 1.76 bits per heavy atom. The van der Waals surface area contributed by atoms with Gasteiger partial charge in [0.1, 0.15) is 0 Å². The van der Waals surface area contributed by atoms with Gasteiger partial charge in [0.2, 0.25) is 0 Å². The van der Waals surface area contributed by atoms with Crippen LogP contribution in [-0.4, -0.2) is 51.7 Å². The van der Waals surface area contributed by atoms with E-state index < -0.39 is 12.0 Å². The molecule has 0 aliphatic heterocycles. The highest BCUT2D eigenvalue weighted by atomic mass is 16.5. The number of hydrogen-bond acceptors (Lipinski definition) is 5. The maximum absolute atomic E-state index is 11.2. The zero-order valence-electron chi connectivity index (χ0n) is 10.1. The molecule has 0 aromatic carbocycles. The van der Waals surface area contributed by atoms with E-state index in [0.29, 0.717) is 13.2 Å². The number of Topliss-reactive ketones (excluding diaryl/α,β-unsaturated/α-hetero) is 1. The quantitative estimate of drug-likeness (QED) is 0.443. The van der Waals surface area contributed by atoms with E-state index in [9.17, 15) is 14.4 Å². The number of rotatable bonds is 8. The molecule has 0 aromatic heterocycles. The van der Waals surface area contributed by atoms with Crippen LogP contribution in [-0.2, 0) is 19.1 Å². The number of hydrogen-bond donors (Lipinski definition) is 2. The van der Waals surface area contributed by atoms with E-state index in [1.165, 1.54) is 14.2 Å². The monoisotopic (exact) mass is 246 g/mol. The van der Waals surface area contributed by atoms with Crippen LogP contribution in [0.2, 0.25) is 0 Å². The van der Waals surface area contributed by atoms with Crippen molar-refractivity contribution in [2.24, 2.45) is 0 Å². The molecule has 98 valence electrons. The molecule has 0 saturated heterocycles. The first-order valence-corrected chi connectivity index (χ1v) is 5.19. The SMILES string of the molecule is COCCNC(=O)NCC(=O)CCC(=O)OC. The fraction of sp³-hybridized carbons (Fsp3) is 0.700. The summed E-state index contributed by atoms with van der Waals surface area (Å²) in [6, 6.07) is -0.437. The van der Waals surface area contributed by atoms with Crippen LogP contribution in [0.5, 0.6) is 0 Å². The fourth-order valence-corrected chi connectivity index (χ4v) is 0.940. The van der Waals surface area contributed by atoms with Crippen LogP contribution in [0.25, 0.3) is 0 Å². The normalized spacial score (nSPS) is 9.53. The Hall–Kier alpha value is -1.63. The zero-order chi connectivity index (χ0) is 13.1. The second-order valence-corrected chi connectivity index (χ2v) is 3.22. The molecule has 0 unspecified atom stereocenters. The molecule has 0 atom stereocenters. The predicted molar refractivity (Wildman–Crippen MR) is 59.5 cm³/mol. The number of carbonyl (C=O) groups excluding carboxylic acids is 3. The van der Waals surface area contributed by atoms with Gasteiger partial charge < -0.3 is 20.1 Å². The van der Waals surface area contributed by atoms with Crippen LogP contribution < -0.4 is 10.6 Å². The minimum absolute atomic E-state index is 0.0301. The third-order valence-electron chi connectivity index (χ3n) is 1.87. The first kappa shape index (κ1) is 15.4. The van der Waals surface area contributed by atoms with Crippen molar-refractivity contribution in [3.63, 3.8) is 0 Å². The van der Waals surface area contributed by atoms with Crippen LogP contribution in [0.1, 0.15) is 12.8 Å². The summed E-state index contributed by atoms with van der Waals surface area (Å²) in [5.41, 5.74) is 0. The molecule has 0 fully saturated rings. The Balaban J connectivity index is 3.55. The van der Waals surface area contributed by atoms with Crippen LogP contribution >= 0.6 is 0 Å². The molecule has 7 nitrogen and oxygen atoms in total. The average Bonchev–Trinajstić information content (AvgIpc) is 2.33. The molecule has 0 bridgehead atoms. The molecular formula is C10H18N2O5. The number of ether oxygens (including phenoxy) is 2. The van der Waals surface area contributed by atoms with Gasteiger partial charge in [0.25, 0.3) is 0 Å². The summed E-state index contributed by atoms with van der Waals surface area (Å²) >= 11 is 0. The lowest BCUT2D eigenvalue weighted by Crippen LogP contribution is -2.39. The van der Waals surface area contributed by atoms with E-state index in [1.54, 1.807) is 0 Å². The van der Waals surface area contributed by atoms with Gasteiger partial charge in [-0.05, 0) is 0 Å². The topological polar surface area (TPSA) is 93.7 Å². The lowest BCUT2D eigenvalue weighted by Gasteiger charge is -2.06. The molecule has 0 saturated carbocycles. The summed E-state index contributed by atoms with van der Waals surface area (Å²) in [5.74, 6) is -0.666. The van der Waals surface area contributed by atoms with Gasteiger partial charge in [0, 0.05) is 20.1 Å². The lowest BCUT2D eigenvalue weighted by molar-refractivity contribution is -0.141. The molecule has 17 heavy (non-hydrogen) atoms. The molecule has 0 aromatic rings. The lowest BCUT2D eigenvalue weighted by atomic mass is 10.2. The summed E-state index contributed by atoms with van der Waals surface area (Å²) < 4.78 is 9.12. The van der Waals surface area contributed by atoms with Crippen molar-refractivity contribution in [2.75, 3.05) is 33.9 Å². The summed E-state index contributed by atoms with van der Waals surface area (Å²) in [4.78, 5) is 33.1. The molecule has 0 radical (unpaired) electrons. The van der Waals surface area contributed by atoms with Crippen molar-refractivity contribution in [1.29, 1.82) is 0 Å². The number of ketones is 1. The Kier molecular flexibility index (Phi) is 8.67. The minimum Gasteiger partial charge on any atom is -0.469 e. The van der Waals surface area contributed by atoms with Crippen LogP contribution in [0.4, 0.5) is 4.79 Å². The van der Waals surface area contributed by atoms with E-state index >= 15 is 0 Å².